The maximum atomic E-state index is 6.09. The van der Waals surface area contributed by atoms with E-state index in [2.05, 4.69) is 14.9 Å². The van der Waals surface area contributed by atoms with Gasteiger partial charge in [-0.1, -0.05) is 12.1 Å². The molecule has 0 saturated carbocycles. The fourth-order valence-electron chi connectivity index (χ4n) is 2.03. The van der Waals surface area contributed by atoms with Crippen molar-refractivity contribution in [1.82, 2.24) is 9.97 Å². The minimum atomic E-state index is 0.244. The maximum Gasteiger partial charge on any atom is 0.147 e. The Morgan fingerprint density at radius 1 is 1.25 bits per heavy atom. The minimum Gasteiger partial charge on any atom is -0.354 e. The predicted octanol–water partition coefficient (Wildman–Crippen LogP) is 2.45. The van der Waals surface area contributed by atoms with Gasteiger partial charge in [0.2, 0.25) is 0 Å². The summed E-state index contributed by atoms with van der Waals surface area (Å²) < 4.78 is 0. The first-order valence-electron chi connectivity index (χ1n) is 5.44. The summed E-state index contributed by atoms with van der Waals surface area (Å²) in [5.41, 5.74) is 1.88. The van der Waals surface area contributed by atoms with E-state index in [1.165, 1.54) is 0 Å². The van der Waals surface area contributed by atoms with Crippen molar-refractivity contribution in [2.24, 2.45) is 0 Å². The summed E-state index contributed by atoms with van der Waals surface area (Å²) in [5.74, 6) is 0.932. The van der Waals surface area contributed by atoms with Crippen LogP contribution in [0.1, 0.15) is 6.42 Å². The average Bonchev–Trinajstić information content (AvgIpc) is 2.75. The second-order valence-corrected chi connectivity index (χ2v) is 4.67. The van der Waals surface area contributed by atoms with Crippen LogP contribution in [0.5, 0.6) is 0 Å². The molecule has 0 bridgehead atoms. The van der Waals surface area contributed by atoms with Crippen molar-refractivity contribution in [3.8, 4) is 0 Å². The first-order chi connectivity index (χ1) is 7.83. The van der Waals surface area contributed by atoms with Crippen molar-refractivity contribution in [2.75, 3.05) is 18.0 Å². The highest BCUT2D eigenvalue weighted by Crippen LogP contribution is 2.22. The van der Waals surface area contributed by atoms with Gasteiger partial charge in [0.25, 0.3) is 0 Å². The van der Waals surface area contributed by atoms with Crippen molar-refractivity contribution in [3.63, 3.8) is 0 Å². The number of hydrogen-bond donors (Lipinski definition) is 0. The molecule has 1 aliphatic heterocycles. The van der Waals surface area contributed by atoms with Gasteiger partial charge >= 0.3 is 0 Å². The quantitative estimate of drug-likeness (QED) is 0.709. The van der Waals surface area contributed by atoms with E-state index >= 15 is 0 Å². The molecule has 1 atom stereocenters. The number of para-hydroxylation sites is 2. The van der Waals surface area contributed by atoms with E-state index in [-0.39, 0.29) is 5.38 Å². The molecule has 1 aliphatic rings. The number of anilines is 1. The maximum absolute atomic E-state index is 6.09. The fourth-order valence-corrected chi connectivity index (χ4v) is 2.29. The van der Waals surface area contributed by atoms with Gasteiger partial charge in [0.15, 0.2) is 0 Å². The molecule has 2 aromatic rings. The number of aromatic nitrogens is 2. The van der Waals surface area contributed by atoms with Crippen molar-refractivity contribution in [3.05, 3.63) is 30.5 Å². The van der Waals surface area contributed by atoms with Gasteiger partial charge < -0.3 is 4.90 Å². The van der Waals surface area contributed by atoms with Crippen LogP contribution in [-0.2, 0) is 0 Å². The molecular weight excluding hydrogens is 222 g/mol. The molecule has 1 aromatic carbocycles. The second kappa shape index (κ2) is 3.91. The molecule has 16 heavy (non-hydrogen) atoms. The first kappa shape index (κ1) is 9.85. The Hall–Kier alpha value is -1.35. The van der Waals surface area contributed by atoms with Gasteiger partial charge in [-0.3, -0.25) is 4.98 Å². The van der Waals surface area contributed by atoms with Crippen molar-refractivity contribution >= 4 is 28.5 Å². The molecule has 3 nitrogen and oxygen atoms in total. The highest BCUT2D eigenvalue weighted by atomic mass is 35.5. The lowest BCUT2D eigenvalue weighted by Gasteiger charge is -2.16. The molecular formula is C12H12ClN3. The topological polar surface area (TPSA) is 29.0 Å². The second-order valence-electron chi connectivity index (χ2n) is 4.05. The van der Waals surface area contributed by atoms with Crippen LogP contribution in [0.2, 0.25) is 0 Å². The molecule has 0 N–H and O–H groups in total. The number of halogens is 1. The molecule has 1 unspecified atom stereocenters. The van der Waals surface area contributed by atoms with E-state index in [0.29, 0.717) is 0 Å². The monoisotopic (exact) mass is 233 g/mol. The molecule has 82 valence electrons. The third kappa shape index (κ3) is 1.71. The van der Waals surface area contributed by atoms with E-state index < -0.39 is 0 Å². The number of fused-ring (bicyclic) bond motifs is 1. The summed E-state index contributed by atoms with van der Waals surface area (Å²) >= 11 is 6.09. The van der Waals surface area contributed by atoms with Gasteiger partial charge in [-0.15, -0.1) is 11.6 Å². The zero-order valence-electron chi connectivity index (χ0n) is 8.81. The summed E-state index contributed by atoms with van der Waals surface area (Å²) in [6.07, 6.45) is 2.85. The van der Waals surface area contributed by atoms with Crippen LogP contribution in [-0.4, -0.2) is 28.4 Å². The molecule has 0 aliphatic carbocycles. The van der Waals surface area contributed by atoms with Crippen LogP contribution in [0.15, 0.2) is 30.5 Å². The van der Waals surface area contributed by atoms with E-state index in [9.17, 15) is 0 Å². The number of benzene rings is 1. The lowest BCUT2D eigenvalue weighted by atomic mass is 10.3. The molecule has 1 aromatic heterocycles. The van der Waals surface area contributed by atoms with Gasteiger partial charge in [-0.2, -0.15) is 0 Å². The Kier molecular flexibility index (Phi) is 2.40. The molecule has 0 radical (unpaired) electrons. The van der Waals surface area contributed by atoms with Crippen LogP contribution in [0, 0.1) is 0 Å². The summed E-state index contributed by atoms with van der Waals surface area (Å²) in [6, 6.07) is 7.91. The molecule has 0 spiro atoms. The van der Waals surface area contributed by atoms with Gasteiger partial charge in [0.05, 0.1) is 22.6 Å². The third-order valence-electron chi connectivity index (χ3n) is 2.89. The van der Waals surface area contributed by atoms with Gasteiger partial charge in [-0.05, 0) is 18.6 Å². The molecule has 3 rings (SSSR count). The van der Waals surface area contributed by atoms with Crippen molar-refractivity contribution in [1.29, 1.82) is 0 Å². The van der Waals surface area contributed by atoms with Crippen LogP contribution in [0.25, 0.3) is 11.0 Å². The normalized spacial score (nSPS) is 20.6. The fraction of sp³-hybridized carbons (Fsp3) is 0.333. The molecule has 0 amide bonds. The highest BCUT2D eigenvalue weighted by Gasteiger charge is 2.21. The molecule has 1 fully saturated rings. The molecule has 1 saturated heterocycles. The van der Waals surface area contributed by atoms with Crippen molar-refractivity contribution in [2.45, 2.75) is 11.8 Å². The summed E-state index contributed by atoms with van der Waals surface area (Å²) in [6.45, 7) is 1.84. The zero-order chi connectivity index (χ0) is 11.0. The van der Waals surface area contributed by atoms with E-state index in [1.807, 2.05) is 30.5 Å². The Morgan fingerprint density at radius 2 is 2.06 bits per heavy atom. The van der Waals surface area contributed by atoms with Crippen molar-refractivity contribution < 1.29 is 0 Å². The highest BCUT2D eigenvalue weighted by molar-refractivity contribution is 6.21. The lowest BCUT2D eigenvalue weighted by molar-refractivity contribution is 0.937. The average molecular weight is 234 g/mol. The molecule has 4 heteroatoms. The lowest BCUT2D eigenvalue weighted by Crippen LogP contribution is -2.21. The van der Waals surface area contributed by atoms with Gasteiger partial charge in [-0.25, -0.2) is 4.98 Å². The summed E-state index contributed by atoms with van der Waals surface area (Å²) in [4.78, 5) is 11.2. The van der Waals surface area contributed by atoms with Gasteiger partial charge in [0, 0.05) is 13.1 Å². The zero-order valence-corrected chi connectivity index (χ0v) is 9.56. The van der Waals surface area contributed by atoms with E-state index in [4.69, 9.17) is 11.6 Å². The molecule has 2 heterocycles. The number of hydrogen-bond acceptors (Lipinski definition) is 3. The van der Waals surface area contributed by atoms with Crippen LogP contribution >= 0.6 is 11.6 Å². The largest absolute Gasteiger partial charge is 0.354 e. The Morgan fingerprint density at radius 3 is 2.81 bits per heavy atom. The number of rotatable bonds is 1. The number of alkyl halides is 1. The van der Waals surface area contributed by atoms with Gasteiger partial charge in [0.1, 0.15) is 5.82 Å². The Balaban J connectivity index is 1.99. The number of nitrogens with zero attached hydrogens (tertiary/aromatic N) is 3. The Labute approximate surface area is 99.1 Å². The van der Waals surface area contributed by atoms with Crippen LogP contribution in [0.3, 0.4) is 0 Å². The third-order valence-corrected chi connectivity index (χ3v) is 3.25. The summed E-state index contributed by atoms with van der Waals surface area (Å²) in [5, 5.41) is 0.244. The first-order valence-corrected chi connectivity index (χ1v) is 5.87. The van der Waals surface area contributed by atoms with E-state index in [1.54, 1.807) is 0 Å². The summed E-state index contributed by atoms with van der Waals surface area (Å²) in [7, 11) is 0. The van der Waals surface area contributed by atoms with Crippen LogP contribution in [0.4, 0.5) is 5.82 Å². The minimum absolute atomic E-state index is 0.244. The SMILES string of the molecule is ClC1CCN(c2cnc3ccccc3n2)C1. The van der Waals surface area contributed by atoms with E-state index in [0.717, 1.165) is 36.4 Å². The standard InChI is InChI=1S/C12H12ClN3/c13-9-5-6-16(8-9)12-7-14-10-3-1-2-4-11(10)15-12/h1-4,7,9H,5-6,8H2. The Bertz CT molecular complexity index is 514. The predicted molar refractivity (Wildman–Crippen MR) is 66.0 cm³/mol. The smallest absolute Gasteiger partial charge is 0.147 e. The van der Waals surface area contributed by atoms with Crippen LogP contribution < -0.4 is 4.90 Å².